The van der Waals surface area contributed by atoms with E-state index in [2.05, 4.69) is 20.6 Å². The Morgan fingerprint density at radius 1 is 1.33 bits per heavy atom. The summed E-state index contributed by atoms with van der Waals surface area (Å²) < 4.78 is 0. The van der Waals surface area contributed by atoms with Gasteiger partial charge < -0.3 is 15.1 Å². The van der Waals surface area contributed by atoms with Crippen LogP contribution in [0.4, 0.5) is 0 Å². The van der Waals surface area contributed by atoms with E-state index in [1.54, 1.807) is 0 Å². The van der Waals surface area contributed by atoms with E-state index < -0.39 is 7.32 Å². The van der Waals surface area contributed by atoms with E-state index in [4.69, 9.17) is 15.1 Å². The van der Waals surface area contributed by atoms with Gasteiger partial charge in [-0.2, -0.15) is 5.21 Å². The zero-order valence-corrected chi connectivity index (χ0v) is 4.34. The quantitative estimate of drug-likeness (QED) is 0.282. The van der Waals surface area contributed by atoms with Gasteiger partial charge in [-0.15, -0.1) is 10.2 Å². The van der Waals surface area contributed by atoms with Gasteiger partial charge in [-0.05, 0) is 0 Å². The highest BCUT2D eigenvalue weighted by atomic mass is 16.5. The summed E-state index contributed by atoms with van der Waals surface area (Å²) in [5.74, 6) is 0. The summed E-state index contributed by atoms with van der Waals surface area (Å²) >= 11 is 0. The Kier molecular flexibility index (Phi) is 4.59. The third kappa shape index (κ3) is 10.9. The van der Waals surface area contributed by atoms with Gasteiger partial charge in [0.1, 0.15) is 0 Å². The lowest BCUT2D eigenvalue weighted by molar-refractivity contribution is 0.278. The first-order chi connectivity index (χ1) is 4.23. The van der Waals surface area contributed by atoms with Crippen molar-refractivity contribution in [2.24, 2.45) is 0 Å². The van der Waals surface area contributed by atoms with Crippen LogP contribution in [-0.2, 0) is 0 Å². The maximum absolute atomic E-state index is 7.17. The van der Waals surface area contributed by atoms with Crippen LogP contribution >= 0.6 is 0 Å². The molecule has 1 aromatic rings. The summed E-state index contributed by atoms with van der Waals surface area (Å²) in [4.78, 5) is 0. The number of rotatable bonds is 0. The van der Waals surface area contributed by atoms with E-state index in [0.717, 1.165) is 0 Å². The molecule has 0 aromatic carbocycles. The van der Waals surface area contributed by atoms with Crippen LogP contribution < -0.4 is 0 Å². The van der Waals surface area contributed by atoms with Gasteiger partial charge in [0.25, 0.3) is 0 Å². The zero-order chi connectivity index (χ0) is 7.11. The molecule has 0 bridgehead atoms. The smallest absolute Gasteiger partial charge is 0.402 e. The molecule has 1 rings (SSSR count). The van der Waals surface area contributed by atoms with Gasteiger partial charge in [0, 0.05) is 0 Å². The lowest BCUT2D eigenvalue weighted by Crippen LogP contribution is -2.07. The molecule has 0 saturated heterocycles. The van der Waals surface area contributed by atoms with Gasteiger partial charge in [0.2, 0.25) is 0 Å². The van der Waals surface area contributed by atoms with Crippen molar-refractivity contribution in [2.75, 3.05) is 0 Å². The van der Waals surface area contributed by atoms with Gasteiger partial charge >= 0.3 is 7.32 Å². The predicted molar refractivity (Wildman–Crippen MR) is 26.6 cm³/mol. The second-order valence-electron chi connectivity index (χ2n) is 0.906. The molecule has 0 fully saturated rings. The Balaban J connectivity index is 0.000000148. The normalized spacial score (nSPS) is 7.44. The summed E-state index contributed by atoms with van der Waals surface area (Å²) in [7, 11) is -2.17. The maximum Gasteiger partial charge on any atom is 0.631 e. The molecule has 0 atom stereocenters. The second-order valence-corrected chi connectivity index (χ2v) is 0.906. The fraction of sp³-hybridized carbons (Fsp3) is 0. The average molecular weight is 132 g/mol. The van der Waals surface area contributed by atoms with E-state index in [1.165, 1.54) is 6.33 Å². The summed E-state index contributed by atoms with van der Waals surface area (Å²) in [5.41, 5.74) is 0. The molecule has 7 nitrogen and oxygen atoms in total. The fourth-order valence-corrected chi connectivity index (χ4v) is 0.129. The van der Waals surface area contributed by atoms with Crippen molar-refractivity contribution in [3.05, 3.63) is 6.33 Å². The Morgan fingerprint density at radius 2 is 1.89 bits per heavy atom. The molecule has 9 heavy (non-hydrogen) atoms. The van der Waals surface area contributed by atoms with Gasteiger partial charge in [-0.25, -0.2) is 0 Å². The first-order valence-corrected chi connectivity index (χ1v) is 1.94. The molecule has 0 amide bonds. The number of aromatic amines is 1. The molecule has 0 saturated carbocycles. The third-order valence-corrected chi connectivity index (χ3v) is 0.270. The minimum atomic E-state index is -2.17. The predicted octanol–water partition coefficient (Wildman–Crippen LogP) is -2.85. The minimum Gasteiger partial charge on any atom is -0.402 e. The van der Waals surface area contributed by atoms with Crippen molar-refractivity contribution in [1.29, 1.82) is 0 Å². The fourth-order valence-electron chi connectivity index (χ4n) is 0.129. The number of nitrogens with one attached hydrogen (secondary N) is 1. The largest absolute Gasteiger partial charge is 0.631 e. The lowest BCUT2D eigenvalue weighted by atomic mass is 10.3. The highest BCUT2D eigenvalue weighted by Gasteiger charge is 1.92. The number of hydrogen-bond acceptors (Lipinski definition) is 6. The van der Waals surface area contributed by atoms with E-state index in [-0.39, 0.29) is 0 Å². The van der Waals surface area contributed by atoms with Crippen LogP contribution in [0.25, 0.3) is 0 Å². The molecule has 0 unspecified atom stereocenters. The first-order valence-electron chi connectivity index (χ1n) is 1.94. The topological polar surface area (TPSA) is 115 Å². The van der Waals surface area contributed by atoms with Crippen LogP contribution in [0.2, 0.25) is 0 Å². The number of hydrogen-bond donors (Lipinski definition) is 4. The molecule has 0 aliphatic heterocycles. The van der Waals surface area contributed by atoms with Gasteiger partial charge in [0.05, 0.1) is 0 Å². The summed E-state index contributed by atoms with van der Waals surface area (Å²) in [6.07, 6.45) is 1.33. The van der Waals surface area contributed by atoms with E-state index in [9.17, 15) is 0 Å². The molecular formula is CH5BN4O3. The molecule has 50 valence electrons. The summed E-state index contributed by atoms with van der Waals surface area (Å²) in [6, 6.07) is 0. The van der Waals surface area contributed by atoms with E-state index in [0.29, 0.717) is 0 Å². The summed E-state index contributed by atoms with van der Waals surface area (Å²) in [6.45, 7) is 0. The van der Waals surface area contributed by atoms with Crippen molar-refractivity contribution in [3.8, 4) is 0 Å². The lowest BCUT2D eigenvalue weighted by Gasteiger charge is -1.69. The van der Waals surface area contributed by atoms with Crippen LogP contribution in [-0.4, -0.2) is 43.0 Å². The third-order valence-electron chi connectivity index (χ3n) is 0.270. The Hall–Kier alpha value is -0.985. The van der Waals surface area contributed by atoms with Gasteiger partial charge in [-0.1, -0.05) is 5.21 Å². The van der Waals surface area contributed by atoms with E-state index >= 15 is 0 Å². The number of H-pyrrole nitrogens is 1. The molecule has 4 N–H and O–H groups in total. The molecule has 0 spiro atoms. The van der Waals surface area contributed by atoms with Crippen molar-refractivity contribution in [1.82, 2.24) is 20.6 Å². The van der Waals surface area contributed by atoms with E-state index in [1.807, 2.05) is 0 Å². The second kappa shape index (κ2) is 5.16. The van der Waals surface area contributed by atoms with Crippen molar-refractivity contribution >= 4 is 7.32 Å². The Labute approximate surface area is 50.5 Å². The Morgan fingerprint density at radius 3 is 2.00 bits per heavy atom. The molecule has 1 heterocycles. The number of aromatic nitrogens is 4. The highest BCUT2D eigenvalue weighted by Crippen LogP contribution is 1.43. The molecule has 0 aliphatic rings. The average Bonchev–Trinajstić information content (AvgIpc) is 2.11. The van der Waals surface area contributed by atoms with Crippen LogP contribution in [0.15, 0.2) is 6.33 Å². The zero-order valence-electron chi connectivity index (χ0n) is 4.34. The molecule has 0 radical (unpaired) electrons. The van der Waals surface area contributed by atoms with Gasteiger partial charge in [-0.3, -0.25) is 0 Å². The first kappa shape index (κ1) is 8.01. The Bertz CT molecular complexity index is 99.4. The van der Waals surface area contributed by atoms with Crippen molar-refractivity contribution in [3.63, 3.8) is 0 Å². The maximum atomic E-state index is 7.17. The molecule has 8 heteroatoms. The van der Waals surface area contributed by atoms with Crippen molar-refractivity contribution < 1.29 is 15.1 Å². The molecule has 0 aliphatic carbocycles. The van der Waals surface area contributed by atoms with Crippen LogP contribution in [0.1, 0.15) is 0 Å². The number of nitrogens with zero attached hydrogens (tertiary/aromatic N) is 3. The highest BCUT2D eigenvalue weighted by molar-refractivity contribution is 6.30. The standard InChI is InChI=1S/CH2N4.BH3O3/c1-2-4-5-3-1;2-1(3)4/h1H,(H,2,3,4,5);2-4H. The van der Waals surface area contributed by atoms with Crippen molar-refractivity contribution in [2.45, 2.75) is 0 Å². The molecular weight excluding hydrogens is 127 g/mol. The SMILES string of the molecule is OB(O)O.c1nn[nH]n1. The van der Waals surface area contributed by atoms with Crippen LogP contribution in [0, 0.1) is 0 Å². The molecule has 1 aromatic heterocycles. The van der Waals surface area contributed by atoms with Gasteiger partial charge in [0.15, 0.2) is 6.33 Å². The minimum absolute atomic E-state index is 1.33. The van der Waals surface area contributed by atoms with Crippen LogP contribution in [0.3, 0.4) is 0 Å². The monoisotopic (exact) mass is 132 g/mol. The van der Waals surface area contributed by atoms with Crippen LogP contribution in [0.5, 0.6) is 0 Å². The summed E-state index contributed by atoms with van der Waals surface area (Å²) in [5, 5.41) is 33.7. The number of tetrazole rings is 1.